The van der Waals surface area contributed by atoms with Gasteiger partial charge in [-0.3, -0.25) is 0 Å². The van der Waals surface area contributed by atoms with Gasteiger partial charge < -0.3 is 10.1 Å². The van der Waals surface area contributed by atoms with Gasteiger partial charge in [-0.1, -0.05) is 0 Å². The van der Waals surface area contributed by atoms with Crippen LogP contribution in [0.4, 0.5) is 5.69 Å². The Bertz CT molecular complexity index is 382. The summed E-state index contributed by atoms with van der Waals surface area (Å²) in [6, 6.07) is 5.60. The van der Waals surface area contributed by atoms with Crippen molar-refractivity contribution in [2.24, 2.45) is 5.92 Å². The number of rotatable bonds is 6. The predicted molar refractivity (Wildman–Crippen MR) is 61.0 cm³/mol. The molecule has 1 aromatic heterocycles. The van der Waals surface area contributed by atoms with Crippen LogP contribution in [-0.4, -0.2) is 24.7 Å². The van der Waals surface area contributed by atoms with Gasteiger partial charge in [-0.2, -0.15) is 5.26 Å². The molecule has 0 atom stereocenters. The number of nitrogens with zero attached hydrogens (tertiary/aromatic N) is 2. The van der Waals surface area contributed by atoms with E-state index in [2.05, 4.69) is 10.3 Å². The molecule has 1 N–H and O–H groups in total. The Morgan fingerprint density at radius 3 is 3.19 bits per heavy atom. The summed E-state index contributed by atoms with van der Waals surface area (Å²) < 4.78 is 5.49. The van der Waals surface area contributed by atoms with E-state index in [0.29, 0.717) is 12.3 Å². The molecule has 0 aromatic carbocycles. The molecule has 4 heteroatoms. The van der Waals surface area contributed by atoms with Gasteiger partial charge in [-0.05, 0) is 30.9 Å². The zero-order valence-corrected chi connectivity index (χ0v) is 9.15. The first kappa shape index (κ1) is 10.9. The van der Waals surface area contributed by atoms with Crippen molar-refractivity contribution in [2.75, 3.05) is 25.1 Å². The van der Waals surface area contributed by atoms with Gasteiger partial charge in [-0.25, -0.2) is 4.98 Å². The normalized spacial score (nSPS) is 14.4. The number of nitriles is 1. The van der Waals surface area contributed by atoms with Crippen LogP contribution in [0.1, 0.15) is 18.5 Å². The lowest BCUT2D eigenvalue weighted by Gasteiger charge is -2.06. The molecule has 0 radical (unpaired) electrons. The highest BCUT2D eigenvalue weighted by Crippen LogP contribution is 2.28. The maximum absolute atomic E-state index is 8.67. The Morgan fingerprint density at radius 1 is 1.56 bits per heavy atom. The molecule has 0 amide bonds. The molecule has 16 heavy (non-hydrogen) atoms. The molecule has 84 valence electrons. The van der Waals surface area contributed by atoms with Crippen molar-refractivity contribution in [1.82, 2.24) is 4.98 Å². The summed E-state index contributed by atoms with van der Waals surface area (Å²) in [5.74, 6) is 0.811. The molecule has 1 saturated carbocycles. The summed E-state index contributed by atoms with van der Waals surface area (Å²) >= 11 is 0. The Labute approximate surface area is 95.3 Å². The lowest BCUT2D eigenvalue weighted by Crippen LogP contribution is -2.10. The second-order valence-corrected chi connectivity index (χ2v) is 3.99. The minimum absolute atomic E-state index is 0.434. The van der Waals surface area contributed by atoms with Crippen LogP contribution in [0.3, 0.4) is 0 Å². The highest BCUT2D eigenvalue weighted by molar-refractivity contribution is 5.45. The van der Waals surface area contributed by atoms with Crippen LogP contribution < -0.4 is 5.32 Å². The Morgan fingerprint density at radius 2 is 2.44 bits per heavy atom. The number of anilines is 1. The molecule has 1 aliphatic rings. The first-order valence-corrected chi connectivity index (χ1v) is 5.56. The van der Waals surface area contributed by atoms with Gasteiger partial charge in [-0.15, -0.1) is 0 Å². The second-order valence-electron chi connectivity index (χ2n) is 3.99. The quantitative estimate of drug-likeness (QED) is 0.738. The van der Waals surface area contributed by atoms with Crippen LogP contribution in [0, 0.1) is 17.2 Å². The fourth-order valence-corrected chi connectivity index (χ4v) is 1.40. The number of nitrogens with one attached hydrogen (secondary N) is 1. The Hall–Kier alpha value is -1.60. The predicted octanol–water partition coefficient (Wildman–Crippen LogP) is 1.79. The van der Waals surface area contributed by atoms with Crippen LogP contribution in [0.5, 0.6) is 0 Å². The molecule has 1 fully saturated rings. The van der Waals surface area contributed by atoms with Crippen molar-refractivity contribution in [2.45, 2.75) is 12.8 Å². The second kappa shape index (κ2) is 5.47. The molecule has 1 aliphatic carbocycles. The minimum Gasteiger partial charge on any atom is -0.383 e. The van der Waals surface area contributed by atoms with E-state index in [-0.39, 0.29) is 0 Å². The van der Waals surface area contributed by atoms with Gasteiger partial charge in [0, 0.05) is 25.0 Å². The average molecular weight is 217 g/mol. The van der Waals surface area contributed by atoms with Crippen LogP contribution in [0.25, 0.3) is 0 Å². The first-order valence-electron chi connectivity index (χ1n) is 5.56. The van der Waals surface area contributed by atoms with E-state index in [1.54, 1.807) is 12.3 Å². The summed E-state index contributed by atoms with van der Waals surface area (Å²) in [6.45, 7) is 2.36. The van der Waals surface area contributed by atoms with Crippen molar-refractivity contribution in [3.63, 3.8) is 0 Å². The Balaban J connectivity index is 1.65. The van der Waals surface area contributed by atoms with Gasteiger partial charge in [0.05, 0.1) is 6.61 Å². The lowest BCUT2D eigenvalue weighted by atomic mass is 10.3. The third-order valence-corrected chi connectivity index (χ3v) is 2.50. The minimum atomic E-state index is 0.434. The summed E-state index contributed by atoms with van der Waals surface area (Å²) in [6.07, 6.45) is 4.28. The van der Waals surface area contributed by atoms with E-state index < -0.39 is 0 Å². The van der Waals surface area contributed by atoms with Gasteiger partial charge >= 0.3 is 0 Å². The van der Waals surface area contributed by atoms with E-state index in [1.165, 1.54) is 12.8 Å². The summed E-state index contributed by atoms with van der Waals surface area (Å²) in [5.41, 5.74) is 1.35. The molecule has 4 nitrogen and oxygen atoms in total. The molecule has 0 unspecified atom stereocenters. The first-order chi connectivity index (χ1) is 7.88. The van der Waals surface area contributed by atoms with E-state index in [1.807, 2.05) is 12.1 Å². The SMILES string of the molecule is N#Cc1cc(NCCOCC2CC2)ccn1. The molecule has 0 spiro atoms. The molecule has 2 rings (SSSR count). The molecule has 0 saturated heterocycles. The van der Waals surface area contributed by atoms with Crippen molar-refractivity contribution >= 4 is 5.69 Å². The highest BCUT2D eigenvalue weighted by atomic mass is 16.5. The van der Waals surface area contributed by atoms with Crippen molar-refractivity contribution in [3.05, 3.63) is 24.0 Å². The fourth-order valence-electron chi connectivity index (χ4n) is 1.40. The Kier molecular flexibility index (Phi) is 3.73. The third kappa shape index (κ3) is 3.52. The lowest BCUT2D eigenvalue weighted by molar-refractivity contribution is 0.134. The molecule has 0 bridgehead atoms. The van der Waals surface area contributed by atoms with Crippen LogP contribution in [0.15, 0.2) is 18.3 Å². The third-order valence-electron chi connectivity index (χ3n) is 2.50. The summed E-state index contributed by atoms with van der Waals surface area (Å²) in [4.78, 5) is 3.90. The molecular formula is C12H15N3O. The summed E-state index contributed by atoms with van der Waals surface area (Å²) in [7, 11) is 0. The monoisotopic (exact) mass is 217 g/mol. The summed E-state index contributed by atoms with van der Waals surface area (Å²) in [5, 5.41) is 11.9. The van der Waals surface area contributed by atoms with E-state index in [9.17, 15) is 0 Å². The van der Waals surface area contributed by atoms with Crippen LogP contribution in [-0.2, 0) is 4.74 Å². The van der Waals surface area contributed by atoms with Gasteiger partial charge in [0.15, 0.2) is 0 Å². The zero-order chi connectivity index (χ0) is 11.2. The number of ether oxygens (including phenoxy) is 1. The molecule has 1 aromatic rings. The van der Waals surface area contributed by atoms with Crippen molar-refractivity contribution < 1.29 is 4.74 Å². The van der Waals surface area contributed by atoms with Crippen LogP contribution in [0.2, 0.25) is 0 Å². The molecule has 1 heterocycles. The number of aromatic nitrogens is 1. The number of hydrogen-bond acceptors (Lipinski definition) is 4. The van der Waals surface area contributed by atoms with Gasteiger partial charge in [0.25, 0.3) is 0 Å². The largest absolute Gasteiger partial charge is 0.383 e. The van der Waals surface area contributed by atoms with Crippen molar-refractivity contribution in [1.29, 1.82) is 5.26 Å². The molecular weight excluding hydrogens is 202 g/mol. The fraction of sp³-hybridized carbons (Fsp3) is 0.500. The molecule has 0 aliphatic heterocycles. The topological polar surface area (TPSA) is 57.9 Å². The van der Waals surface area contributed by atoms with Gasteiger partial charge in [0.2, 0.25) is 0 Å². The maximum Gasteiger partial charge on any atom is 0.142 e. The van der Waals surface area contributed by atoms with E-state index >= 15 is 0 Å². The number of hydrogen-bond donors (Lipinski definition) is 1. The number of pyridine rings is 1. The van der Waals surface area contributed by atoms with Crippen LogP contribution >= 0.6 is 0 Å². The highest BCUT2D eigenvalue weighted by Gasteiger charge is 2.20. The average Bonchev–Trinajstić information content (AvgIpc) is 3.13. The van der Waals surface area contributed by atoms with Gasteiger partial charge in [0.1, 0.15) is 11.8 Å². The van der Waals surface area contributed by atoms with Crippen molar-refractivity contribution in [3.8, 4) is 6.07 Å². The smallest absolute Gasteiger partial charge is 0.142 e. The maximum atomic E-state index is 8.67. The van der Waals surface area contributed by atoms with E-state index in [4.69, 9.17) is 10.00 Å². The zero-order valence-electron chi connectivity index (χ0n) is 9.15. The van der Waals surface area contributed by atoms with E-state index in [0.717, 1.165) is 24.8 Å². The standard InChI is InChI=1S/C12H15N3O/c13-8-12-7-11(3-4-14-12)15-5-6-16-9-10-1-2-10/h3-4,7,10H,1-2,5-6,9H2,(H,14,15).